The highest BCUT2D eigenvalue weighted by Crippen LogP contribution is 2.07. The monoisotopic (exact) mass is 270 g/mol. The molecule has 0 aromatic heterocycles. The standard InChI is InChI=1S/C16H15FN2O/c1-11-7-9-13(10-8-11)16(20)19-18-12(2)14-5-3-4-6-15(14)17/h3-10H,1-2H3,(H,19,20)/b18-12-. The molecule has 0 radical (unpaired) electrons. The average Bonchev–Trinajstić information content (AvgIpc) is 2.45. The van der Waals surface area contributed by atoms with Gasteiger partial charge in [-0.3, -0.25) is 4.79 Å². The lowest BCUT2D eigenvalue weighted by molar-refractivity contribution is 0.0955. The zero-order valence-corrected chi connectivity index (χ0v) is 11.4. The first kappa shape index (κ1) is 13.9. The molecule has 0 aliphatic carbocycles. The first-order valence-corrected chi connectivity index (χ1v) is 6.24. The molecule has 2 aromatic rings. The van der Waals surface area contributed by atoms with Crippen LogP contribution in [0.4, 0.5) is 4.39 Å². The zero-order chi connectivity index (χ0) is 14.5. The fraction of sp³-hybridized carbons (Fsp3) is 0.125. The minimum atomic E-state index is -0.363. The lowest BCUT2D eigenvalue weighted by Gasteiger charge is -2.04. The Bertz CT molecular complexity index is 648. The van der Waals surface area contributed by atoms with E-state index in [2.05, 4.69) is 10.5 Å². The predicted octanol–water partition coefficient (Wildman–Crippen LogP) is 3.29. The molecule has 0 aliphatic heterocycles. The third-order valence-corrected chi connectivity index (χ3v) is 2.90. The number of carbonyl (C=O) groups is 1. The van der Waals surface area contributed by atoms with Gasteiger partial charge in [0.1, 0.15) is 5.82 Å². The number of halogens is 1. The van der Waals surface area contributed by atoms with Gasteiger partial charge in [0.15, 0.2) is 0 Å². The molecule has 0 fully saturated rings. The topological polar surface area (TPSA) is 41.5 Å². The maximum absolute atomic E-state index is 13.5. The number of aryl methyl sites for hydroxylation is 1. The van der Waals surface area contributed by atoms with Crippen LogP contribution >= 0.6 is 0 Å². The summed E-state index contributed by atoms with van der Waals surface area (Å²) >= 11 is 0. The number of nitrogens with one attached hydrogen (secondary N) is 1. The molecular weight excluding hydrogens is 255 g/mol. The van der Waals surface area contributed by atoms with Gasteiger partial charge in [0.05, 0.1) is 5.71 Å². The lowest BCUT2D eigenvalue weighted by Crippen LogP contribution is -2.19. The van der Waals surface area contributed by atoms with E-state index in [1.807, 2.05) is 19.1 Å². The van der Waals surface area contributed by atoms with Gasteiger partial charge in [0.2, 0.25) is 0 Å². The molecule has 0 aliphatic rings. The molecule has 2 rings (SSSR count). The zero-order valence-electron chi connectivity index (χ0n) is 11.4. The van der Waals surface area contributed by atoms with E-state index in [9.17, 15) is 9.18 Å². The fourth-order valence-electron chi connectivity index (χ4n) is 1.72. The second-order valence-electron chi connectivity index (χ2n) is 4.48. The Balaban J connectivity index is 2.11. The Morgan fingerprint density at radius 2 is 1.75 bits per heavy atom. The Hall–Kier alpha value is -2.49. The summed E-state index contributed by atoms with van der Waals surface area (Å²) in [5.74, 6) is -0.681. The first-order chi connectivity index (χ1) is 9.58. The molecule has 20 heavy (non-hydrogen) atoms. The molecule has 4 heteroatoms. The normalized spacial score (nSPS) is 11.2. The highest BCUT2D eigenvalue weighted by atomic mass is 19.1. The van der Waals surface area contributed by atoms with E-state index >= 15 is 0 Å². The summed E-state index contributed by atoms with van der Waals surface area (Å²) < 4.78 is 13.5. The van der Waals surface area contributed by atoms with Crippen molar-refractivity contribution in [1.29, 1.82) is 0 Å². The Morgan fingerprint density at radius 3 is 2.40 bits per heavy atom. The predicted molar refractivity (Wildman–Crippen MR) is 77.3 cm³/mol. The second-order valence-corrected chi connectivity index (χ2v) is 4.48. The van der Waals surface area contributed by atoms with Gasteiger partial charge in [-0.2, -0.15) is 5.10 Å². The molecule has 1 amide bonds. The van der Waals surface area contributed by atoms with E-state index in [0.29, 0.717) is 16.8 Å². The quantitative estimate of drug-likeness (QED) is 0.675. The first-order valence-electron chi connectivity index (χ1n) is 6.24. The number of nitrogens with zero attached hydrogens (tertiary/aromatic N) is 1. The van der Waals surface area contributed by atoms with E-state index < -0.39 is 0 Å². The van der Waals surface area contributed by atoms with Gasteiger partial charge in [0.25, 0.3) is 5.91 Å². The SMILES string of the molecule is C/C(=N/NC(=O)c1ccc(C)cc1)c1ccccc1F. The summed E-state index contributed by atoms with van der Waals surface area (Å²) in [7, 11) is 0. The molecule has 1 N–H and O–H groups in total. The lowest BCUT2D eigenvalue weighted by atomic mass is 10.1. The Kier molecular flexibility index (Phi) is 4.25. The van der Waals surface area contributed by atoms with Crippen molar-refractivity contribution in [3.05, 3.63) is 71.0 Å². The second kappa shape index (κ2) is 6.10. The van der Waals surface area contributed by atoms with Crippen LogP contribution in [0.5, 0.6) is 0 Å². The molecular formula is C16H15FN2O. The van der Waals surface area contributed by atoms with E-state index in [0.717, 1.165) is 5.56 Å². The third-order valence-electron chi connectivity index (χ3n) is 2.90. The Morgan fingerprint density at radius 1 is 1.10 bits per heavy atom. The van der Waals surface area contributed by atoms with Crippen molar-refractivity contribution in [2.75, 3.05) is 0 Å². The van der Waals surface area contributed by atoms with Gasteiger partial charge < -0.3 is 0 Å². The van der Waals surface area contributed by atoms with Crippen LogP contribution in [-0.2, 0) is 0 Å². The van der Waals surface area contributed by atoms with Crippen molar-refractivity contribution < 1.29 is 9.18 Å². The van der Waals surface area contributed by atoms with Crippen molar-refractivity contribution in [2.45, 2.75) is 13.8 Å². The Labute approximate surface area is 117 Å². The van der Waals surface area contributed by atoms with E-state index in [4.69, 9.17) is 0 Å². The van der Waals surface area contributed by atoms with Crippen LogP contribution < -0.4 is 5.43 Å². The van der Waals surface area contributed by atoms with Gasteiger partial charge in [0, 0.05) is 11.1 Å². The number of hydrogen-bond acceptors (Lipinski definition) is 2. The molecule has 0 spiro atoms. The van der Waals surface area contributed by atoms with Crippen LogP contribution in [0.25, 0.3) is 0 Å². The maximum Gasteiger partial charge on any atom is 0.271 e. The number of amides is 1. The van der Waals surface area contributed by atoms with E-state index in [1.165, 1.54) is 6.07 Å². The van der Waals surface area contributed by atoms with E-state index in [1.54, 1.807) is 37.3 Å². The summed E-state index contributed by atoms with van der Waals surface area (Å²) in [5, 5.41) is 3.93. The van der Waals surface area contributed by atoms with Crippen LogP contribution in [0.2, 0.25) is 0 Å². The molecule has 102 valence electrons. The largest absolute Gasteiger partial charge is 0.271 e. The van der Waals surface area contributed by atoms with Gasteiger partial charge in [-0.05, 0) is 32.0 Å². The van der Waals surface area contributed by atoms with Crippen molar-refractivity contribution >= 4 is 11.6 Å². The maximum atomic E-state index is 13.5. The van der Waals surface area contributed by atoms with Gasteiger partial charge in [-0.25, -0.2) is 9.82 Å². The molecule has 0 atom stereocenters. The highest BCUT2D eigenvalue weighted by Gasteiger charge is 2.06. The molecule has 0 saturated carbocycles. The minimum absolute atomic E-state index is 0.319. The number of hydrazone groups is 1. The van der Waals surface area contributed by atoms with Crippen molar-refractivity contribution in [3.63, 3.8) is 0 Å². The fourth-order valence-corrected chi connectivity index (χ4v) is 1.72. The van der Waals surface area contributed by atoms with Crippen LogP contribution in [0.15, 0.2) is 53.6 Å². The number of hydrogen-bond donors (Lipinski definition) is 1. The van der Waals surface area contributed by atoms with Crippen molar-refractivity contribution in [3.8, 4) is 0 Å². The number of benzene rings is 2. The van der Waals surface area contributed by atoms with Crippen molar-refractivity contribution in [2.24, 2.45) is 5.10 Å². The van der Waals surface area contributed by atoms with Crippen LogP contribution in [0, 0.1) is 12.7 Å². The molecule has 2 aromatic carbocycles. The summed E-state index contributed by atoms with van der Waals surface area (Å²) in [4.78, 5) is 11.9. The minimum Gasteiger partial charge on any atom is -0.267 e. The molecule has 0 saturated heterocycles. The van der Waals surface area contributed by atoms with Crippen molar-refractivity contribution in [1.82, 2.24) is 5.43 Å². The van der Waals surface area contributed by atoms with Crippen LogP contribution in [-0.4, -0.2) is 11.6 Å². The third kappa shape index (κ3) is 3.29. The number of carbonyl (C=O) groups excluding carboxylic acids is 1. The molecule has 0 bridgehead atoms. The molecule has 0 unspecified atom stereocenters. The van der Waals surface area contributed by atoms with Crippen LogP contribution in [0.1, 0.15) is 28.4 Å². The molecule has 0 heterocycles. The highest BCUT2D eigenvalue weighted by molar-refractivity contribution is 6.01. The summed E-state index contributed by atoms with van der Waals surface area (Å²) in [5.41, 5.74) is 4.81. The van der Waals surface area contributed by atoms with Gasteiger partial charge in [-0.15, -0.1) is 0 Å². The summed E-state index contributed by atoms with van der Waals surface area (Å²) in [6.07, 6.45) is 0. The van der Waals surface area contributed by atoms with Gasteiger partial charge >= 0.3 is 0 Å². The summed E-state index contributed by atoms with van der Waals surface area (Å²) in [6.45, 7) is 3.59. The average molecular weight is 270 g/mol. The summed E-state index contributed by atoms with van der Waals surface area (Å²) in [6, 6.07) is 13.4. The number of rotatable bonds is 3. The van der Waals surface area contributed by atoms with Crippen LogP contribution in [0.3, 0.4) is 0 Å². The molecule has 3 nitrogen and oxygen atoms in total. The van der Waals surface area contributed by atoms with Gasteiger partial charge in [-0.1, -0.05) is 35.9 Å². The van der Waals surface area contributed by atoms with E-state index in [-0.39, 0.29) is 11.7 Å². The smallest absolute Gasteiger partial charge is 0.267 e.